The van der Waals surface area contributed by atoms with Crippen LogP contribution in [0.5, 0.6) is 0 Å². The summed E-state index contributed by atoms with van der Waals surface area (Å²) in [6.07, 6.45) is 5.60. The van der Waals surface area contributed by atoms with Crippen molar-refractivity contribution >= 4 is 21.2 Å². The first-order valence-corrected chi connectivity index (χ1v) is 3.97. The molecule has 0 saturated heterocycles. The third-order valence-electron chi connectivity index (χ3n) is 0.555. The minimum atomic E-state index is 0.552. The van der Waals surface area contributed by atoms with E-state index in [9.17, 15) is 0 Å². The Morgan fingerprint density at radius 2 is 2.29 bits per heavy atom. The molecule has 1 aliphatic rings. The van der Waals surface area contributed by atoms with Crippen molar-refractivity contribution in [1.29, 1.82) is 0 Å². The Morgan fingerprint density at radius 3 is 3.29 bits per heavy atom. The van der Waals surface area contributed by atoms with Crippen LogP contribution in [-0.2, 0) is 0 Å². The Labute approximate surface area is 49.0 Å². The van der Waals surface area contributed by atoms with Gasteiger partial charge in [-0.1, -0.05) is 0 Å². The number of hydrogen-bond acceptors (Lipinski definition) is 1. The van der Waals surface area contributed by atoms with E-state index in [1.54, 1.807) is 6.21 Å². The van der Waals surface area contributed by atoms with Crippen LogP contribution in [0.3, 0.4) is 0 Å². The molecule has 1 heterocycles. The van der Waals surface area contributed by atoms with Gasteiger partial charge in [0.2, 0.25) is 0 Å². The minimum absolute atomic E-state index is 0.552. The van der Waals surface area contributed by atoms with Crippen LogP contribution in [0.15, 0.2) is 27.2 Å². The number of hydrogen-bond donors (Lipinski definition) is 0. The van der Waals surface area contributed by atoms with Crippen LogP contribution < -0.4 is 0 Å². The predicted molar refractivity (Wildman–Crippen MR) is 32.5 cm³/mol. The molecule has 0 aliphatic carbocycles. The van der Waals surface area contributed by atoms with Gasteiger partial charge in [-0.15, -0.1) is 0 Å². The molecule has 0 saturated carbocycles. The second-order valence-electron chi connectivity index (χ2n) is 1.05. The molecule has 0 spiro atoms. The van der Waals surface area contributed by atoms with Crippen molar-refractivity contribution in [2.45, 2.75) is 0 Å². The van der Waals surface area contributed by atoms with Gasteiger partial charge in [-0.2, -0.15) is 0 Å². The Balaban J connectivity index is 2.60. The van der Waals surface area contributed by atoms with Crippen molar-refractivity contribution in [1.82, 2.24) is 0 Å². The van der Waals surface area contributed by atoms with Gasteiger partial charge in [0.25, 0.3) is 0 Å². The van der Waals surface area contributed by atoms with Crippen LogP contribution in [0, 0.1) is 0 Å². The molecular formula is C5H5NSe. The molecular weight excluding hydrogens is 153 g/mol. The van der Waals surface area contributed by atoms with Gasteiger partial charge in [0.1, 0.15) is 0 Å². The normalized spacial score (nSPS) is 17.1. The first kappa shape index (κ1) is 4.82. The molecule has 7 heavy (non-hydrogen) atoms. The van der Waals surface area contributed by atoms with Gasteiger partial charge in [-0.3, -0.25) is 0 Å². The van der Waals surface area contributed by atoms with E-state index < -0.39 is 0 Å². The average Bonchev–Trinajstić information content (AvgIpc) is 1.90. The third-order valence-corrected chi connectivity index (χ3v) is 1.80. The molecule has 0 amide bonds. The maximum absolute atomic E-state index is 3.89. The van der Waals surface area contributed by atoms with Gasteiger partial charge >= 0.3 is 48.4 Å². The van der Waals surface area contributed by atoms with Gasteiger partial charge in [0.05, 0.1) is 0 Å². The van der Waals surface area contributed by atoms with Crippen LogP contribution in [0.25, 0.3) is 0 Å². The summed E-state index contributed by atoms with van der Waals surface area (Å²) in [4.78, 5) is 8.10. The zero-order chi connectivity index (χ0) is 4.95. The van der Waals surface area contributed by atoms with Gasteiger partial charge in [-0.25, -0.2) is 0 Å². The molecule has 0 atom stereocenters. The average molecular weight is 158 g/mol. The zero-order valence-electron chi connectivity index (χ0n) is 3.74. The molecule has 2 heteroatoms. The van der Waals surface area contributed by atoms with Crippen LogP contribution >= 0.6 is 0 Å². The van der Waals surface area contributed by atoms with E-state index in [0.29, 0.717) is 15.0 Å². The van der Waals surface area contributed by atoms with Crippen molar-refractivity contribution in [3.63, 3.8) is 0 Å². The maximum atomic E-state index is 3.89. The number of aliphatic imine (C=N–C) groups is 1. The Bertz CT molecular complexity index is 110. The molecule has 0 unspecified atom stereocenters. The first-order chi connectivity index (χ1) is 3.50. The SMILES string of the molecule is C1=C[Se]C=CN=C1. The monoisotopic (exact) mass is 159 g/mol. The molecule has 0 radical (unpaired) electrons. The summed E-state index contributed by atoms with van der Waals surface area (Å²) in [5.74, 6) is 0. The summed E-state index contributed by atoms with van der Waals surface area (Å²) in [5, 5.41) is 0. The fraction of sp³-hybridized carbons (Fsp3) is 0. The van der Waals surface area contributed by atoms with E-state index in [2.05, 4.69) is 14.9 Å². The van der Waals surface area contributed by atoms with Crippen molar-refractivity contribution in [3.8, 4) is 0 Å². The van der Waals surface area contributed by atoms with Crippen molar-refractivity contribution in [3.05, 3.63) is 22.2 Å². The number of allylic oxidation sites excluding steroid dienone is 1. The molecule has 0 N–H and O–H groups in total. The molecule has 0 aromatic rings. The molecule has 1 rings (SSSR count). The van der Waals surface area contributed by atoms with Crippen LogP contribution in [0.1, 0.15) is 0 Å². The third kappa shape index (κ3) is 1.72. The summed E-state index contributed by atoms with van der Waals surface area (Å²) in [5.41, 5.74) is 0. The van der Waals surface area contributed by atoms with Crippen LogP contribution in [-0.4, -0.2) is 21.2 Å². The van der Waals surface area contributed by atoms with Crippen molar-refractivity contribution in [2.24, 2.45) is 4.99 Å². The Morgan fingerprint density at radius 1 is 1.29 bits per heavy atom. The van der Waals surface area contributed by atoms with E-state index in [-0.39, 0.29) is 0 Å². The van der Waals surface area contributed by atoms with Gasteiger partial charge < -0.3 is 0 Å². The van der Waals surface area contributed by atoms with Crippen LogP contribution in [0.2, 0.25) is 0 Å². The second-order valence-corrected chi connectivity index (χ2v) is 2.76. The topological polar surface area (TPSA) is 12.4 Å². The van der Waals surface area contributed by atoms with Gasteiger partial charge in [-0.05, 0) is 0 Å². The standard InChI is InChI=1S/C5H5NSe/c1-2-6-3-5-7-4-1/h1-5H. The first-order valence-electron chi connectivity index (χ1n) is 1.99. The summed E-state index contributed by atoms with van der Waals surface area (Å²) in [7, 11) is 0. The summed E-state index contributed by atoms with van der Waals surface area (Å²) in [6, 6.07) is 0. The molecule has 0 bridgehead atoms. The van der Waals surface area contributed by atoms with Gasteiger partial charge in [0.15, 0.2) is 0 Å². The van der Waals surface area contributed by atoms with Crippen LogP contribution in [0.4, 0.5) is 0 Å². The van der Waals surface area contributed by atoms with E-state index in [1.807, 2.05) is 12.3 Å². The quantitative estimate of drug-likeness (QED) is 0.461. The number of rotatable bonds is 0. The summed E-state index contributed by atoms with van der Waals surface area (Å²) < 4.78 is 0. The fourth-order valence-corrected chi connectivity index (χ4v) is 1.12. The van der Waals surface area contributed by atoms with Gasteiger partial charge in [0, 0.05) is 0 Å². The molecule has 0 aromatic carbocycles. The molecule has 0 fully saturated rings. The fourth-order valence-electron chi connectivity index (χ4n) is 0.296. The predicted octanol–water partition coefficient (Wildman–Crippen LogP) is 0.760. The van der Waals surface area contributed by atoms with Crippen molar-refractivity contribution < 1.29 is 0 Å². The van der Waals surface area contributed by atoms with E-state index in [0.717, 1.165) is 0 Å². The van der Waals surface area contributed by atoms with E-state index in [1.165, 1.54) is 0 Å². The number of nitrogens with zero attached hydrogens (tertiary/aromatic N) is 1. The zero-order valence-corrected chi connectivity index (χ0v) is 5.46. The Hall–Kier alpha value is -0.331. The molecule has 36 valence electrons. The summed E-state index contributed by atoms with van der Waals surface area (Å²) >= 11 is 0.552. The molecule has 1 nitrogen and oxygen atoms in total. The molecule has 0 aromatic heterocycles. The second kappa shape index (κ2) is 2.78. The Kier molecular flexibility index (Phi) is 1.91. The van der Waals surface area contributed by atoms with E-state index in [4.69, 9.17) is 0 Å². The molecule has 1 aliphatic heterocycles. The summed E-state index contributed by atoms with van der Waals surface area (Å²) in [6.45, 7) is 0. The van der Waals surface area contributed by atoms with E-state index >= 15 is 0 Å². The van der Waals surface area contributed by atoms with Crippen molar-refractivity contribution in [2.75, 3.05) is 0 Å².